The zero-order valence-corrected chi connectivity index (χ0v) is 6.48. The van der Waals surface area contributed by atoms with Crippen LogP contribution in [0.25, 0.3) is 0 Å². The second-order valence-electron chi connectivity index (χ2n) is 1.79. The quantitative estimate of drug-likeness (QED) is 0.299. The third-order valence-electron chi connectivity index (χ3n) is 0.790. The van der Waals surface area contributed by atoms with E-state index in [0.29, 0.717) is 6.29 Å². The molecule has 0 saturated heterocycles. The third-order valence-corrected chi connectivity index (χ3v) is 1.31. The monoisotopic (exact) mass is 184 g/mol. The van der Waals surface area contributed by atoms with E-state index in [1.54, 1.807) is 0 Å². The lowest BCUT2D eigenvalue weighted by molar-refractivity contribution is -0.110. The van der Waals surface area contributed by atoms with Crippen molar-refractivity contribution in [2.45, 2.75) is 19.1 Å². The molecule has 0 aliphatic carbocycles. The predicted molar refractivity (Wildman–Crippen MR) is 34.4 cm³/mol. The lowest BCUT2D eigenvalue weighted by Crippen LogP contribution is -2.09. The number of carbonyl (C=O) groups excluding carboxylic acids is 1. The maximum atomic E-state index is 10.0. The van der Waals surface area contributed by atoms with Crippen LogP contribution in [-0.4, -0.2) is 27.5 Å². The molecule has 1 unspecified atom stereocenters. The first kappa shape index (κ1) is 10.7. The molecule has 0 aromatic heterocycles. The Kier molecular flexibility index (Phi) is 4.48. The zero-order chi connectivity index (χ0) is 8.91. The fourth-order valence-electron chi connectivity index (χ4n) is 0.422. The van der Waals surface area contributed by atoms with Crippen LogP contribution in [-0.2, 0) is 13.9 Å². The second-order valence-corrected chi connectivity index (χ2v) is 2.99. The van der Waals surface area contributed by atoms with Gasteiger partial charge < -0.3 is 19.7 Å². The van der Waals surface area contributed by atoms with Crippen LogP contribution in [0.1, 0.15) is 12.8 Å². The van der Waals surface area contributed by atoms with Crippen molar-refractivity contribution in [1.29, 1.82) is 0 Å². The summed E-state index contributed by atoms with van der Waals surface area (Å²) in [5.74, 6) is 0. The van der Waals surface area contributed by atoms with Crippen LogP contribution in [0.2, 0.25) is 0 Å². The number of phosphoric ester groups is 1. The molecule has 0 rings (SSSR count). The highest BCUT2D eigenvalue weighted by Gasteiger charge is 2.19. The van der Waals surface area contributed by atoms with Gasteiger partial charge in [0.2, 0.25) is 0 Å². The van der Waals surface area contributed by atoms with E-state index in [9.17, 15) is 9.36 Å². The summed E-state index contributed by atoms with van der Waals surface area (Å²) in [6.07, 6.45) is -1.18. The van der Waals surface area contributed by atoms with Gasteiger partial charge >= 0.3 is 7.82 Å². The van der Waals surface area contributed by atoms with Crippen LogP contribution in [0, 0.1) is 0 Å². The first-order chi connectivity index (χ1) is 4.95. The highest BCUT2D eigenvalue weighted by atomic mass is 31.2. The standard InChI is InChI=1S/C4H9O6P/c5-3-1-2-4(6)10-11(7,8)9/h3-4,6H,1-2H2,(H2,7,8,9). The molecule has 3 N–H and O–H groups in total. The molecular weight excluding hydrogens is 175 g/mol. The molecule has 0 saturated carbocycles. The lowest BCUT2D eigenvalue weighted by atomic mass is 10.3. The van der Waals surface area contributed by atoms with Crippen molar-refractivity contribution in [3.05, 3.63) is 0 Å². The summed E-state index contributed by atoms with van der Waals surface area (Å²) in [5.41, 5.74) is 0. The van der Waals surface area contributed by atoms with Crippen molar-refractivity contribution in [3.8, 4) is 0 Å². The van der Waals surface area contributed by atoms with E-state index in [-0.39, 0.29) is 12.8 Å². The molecule has 0 amide bonds. The summed E-state index contributed by atoms with van der Waals surface area (Å²) in [6.45, 7) is 0. The second kappa shape index (κ2) is 4.58. The van der Waals surface area contributed by atoms with Gasteiger partial charge in [-0.1, -0.05) is 0 Å². The Balaban J connectivity index is 3.60. The molecule has 0 aromatic rings. The Hall–Kier alpha value is -0.260. The highest BCUT2D eigenvalue weighted by Crippen LogP contribution is 2.37. The van der Waals surface area contributed by atoms with Gasteiger partial charge in [-0.2, -0.15) is 0 Å². The zero-order valence-electron chi connectivity index (χ0n) is 5.58. The van der Waals surface area contributed by atoms with E-state index >= 15 is 0 Å². The SMILES string of the molecule is O=CCCC(O)OP(=O)(O)O. The van der Waals surface area contributed by atoms with Gasteiger partial charge in [0.1, 0.15) is 6.29 Å². The molecule has 0 bridgehead atoms. The number of carbonyl (C=O) groups is 1. The summed E-state index contributed by atoms with van der Waals surface area (Å²) in [7, 11) is -4.63. The average molecular weight is 184 g/mol. The Bertz CT molecular complexity index is 162. The van der Waals surface area contributed by atoms with Gasteiger partial charge in [0.25, 0.3) is 0 Å². The van der Waals surface area contributed by atoms with E-state index in [1.807, 2.05) is 0 Å². The predicted octanol–water partition coefficient (Wildman–Crippen LogP) is -0.607. The van der Waals surface area contributed by atoms with Gasteiger partial charge in [0.05, 0.1) is 0 Å². The topological polar surface area (TPSA) is 104 Å². The number of aliphatic hydroxyl groups excluding tert-OH is 1. The number of aldehydes is 1. The van der Waals surface area contributed by atoms with E-state index < -0.39 is 14.1 Å². The molecule has 1 atom stereocenters. The molecule has 6 nitrogen and oxygen atoms in total. The summed E-state index contributed by atoms with van der Waals surface area (Å²) < 4.78 is 13.8. The normalized spacial score (nSPS) is 14.5. The number of hydrogen-bond acceptors (Lipinski definition) is 4. The van der Waals surface area contributed by atoms with Crippen molar-refractivity contribution < 1.29 is 28.8 Å². The van der Waals surface area contributed by atoms with Crippen LogP contribution in [0.5, 0.6) is 0 Å². The van der Waals surface area contributed by atoms with Gasteiger partial charge in [-0.05, 0) is 0 Å². The molecule has 0 spiro atoms. The van der Waals surface area contributed by atoms with Crippen LogP contribution in [0.15, 0.2) is 0 Å². The molecule has 66 valence electrons. The molecule has 0 aliphatic rings. The van der Waals surface area contributed by atoms with Crippen LogP contribution < -0.4 is 0 Å². The number of aliphatic hydroxyl groups is 1. The summed E-state index contributed by atoms with van der Waals surface area (Å²) >= 11 is 0. The van der Waals surface area contributed by atoms with Crippen LogP contribution in [0.3, 0.4) is 0 Å². The Morgan fingerprint density at radius 2 is 2.09 bits per heavy atom. The summed E-state index contributed by atoms with van der Waals surface area (Å²) in [6, 6.07) is 0. The minimum absolute atomic E-state index is 0.00116. The Labute approximate surface area is 63.0 Å². The summed E-state index contributed by atoms with van der Waals surface area (Å²) in [4.78, 5) is 26.0. The minimum Gasteiger partial charge on any atom is -0.367 e. The molecule has 0 fully saturated rings. The maximum Gasteiger partial charge on any atom is 0.471 e. The van der Waals surface area contributed by atoms with Gasteiger partial charge in [-0.15, -0.1) is 0 Å². The van der Waals surface area contributed by atoms with Gasteiger partial charge in [-0.25, -0.2) is 4.57 Å². The van der Waals surface area contributed by atoms with Gasteiger partial charge in [0.15, 0.2) is 6.29 Å². The minimum atomic E-state index is -4.63. The highest BCUT2D eigenvalue weighted by molar-refractivity contribution is 7.46. The molecule has 0 aromatic carbocycles. The number of hydrogen-bond donors (Lipinski definition) is 3. The van der Waals surface area contributed by atoms with Gasteiger partial charge in [0, 0.05) is 12.8 Å². The first-order valence-electron chi connectivity index (χ1n) is 2.81. The summed E-state index contributed by atoms with van der Waals surface area (Å²) in [5, 5.41) is 8.64. The fourth-order valence-corrected chi connectivity index (χ4v) is 0.844. The average Bonchev–Trinajstić information content (AvgIpc) is 1.79. The molecule has 0 radical (unpaired) electrons. The van der Waals surface area contributed by atoms with E-state index in [0.717, 1.165) is 0 Å². The largest absolute Gasteiger partial charge is 0.471 e. The molecule has 7 heteroatoms. The lowest BCUT2D eigenvalue weighted by Gasteiger charge is -2.09. The van der Waals surface area contributed by atoms with Crippen molar-refractivity contribution in [2.75, 3.05) is 0 Å². The Morgan fingerprint density at radius 3 is 2.45 bits per heavy atom. The van der Waals surface area contributed by atoms with Crippen molar-refractivity contribution in [3.63, 3.8) is 0 Å². The maximum absolute atomic E-state index is 10.0. The fraction of sp³-hybridized carbons (Fsp3) is 0.750. The molecule has 11 heavy (non-hydrogen) atoms. The molecular formula is C4H9O6P. The van der Waals surface area contributed by atoms with E-state index in [1.165, 1.54) is 0 Å². The number of phosphoric acid groups is 1. The molecule has 0 aliphatic heterocycles. The number of rotatable bonds is 5. The van der Waals surface area contributed by atoms with Gasteiger partial charge in [-0.3, -0.25) is 4.52 Å². The van der Waals surface area contributed by atoms with Crippen LogP contribution in [0.4, 0.5) is 0 Å². The van der Waals surface area contributed by atoms with Crippen molar-refractivity contribution >= 4 is 14.1 Å². The molecule has 0 heterocycles. The first-order valence-corrected chi connectivity index (χ1v) is 4.34. The van der Waals surface area contributed by atoms with Crippen molar-refractivity contribution in [2.24, 2.45) is 0 Å². The third kappa shape index (κ3) is 7.64. The van der Waals surface area contributed by atoms with E-state index in [4.69, 9.17) is 14.9 Å². The van der Waals surface area contributed by atoms with Crippen molar-refractivity contribution in [1.82, 2.24) is 0 Å². The van der Waals surface area contributed by atoms with E-state index in [2.05, 4.69) is 4.52 Å². The smallest absolute Gasteiger partial charge is 0.367 e. The van der Waals surface area contributed by atoms with Crippen LogP contribution >= 0.6 is 7.82 Å². The Morgan fingerprint density at radius 1 is 1.55 bits per heavy atom.